The van der Waals surface area contributed by atoms with E-state index in [0.29, 0.717) is 6.04 Å². The molecule has 1 atom stereocenters. The molecule has 1 aromatic rings. The van der Waals surface area contributed by atoms with Gasteiger partial charge in [0, 0.05) is 18.2 Å². The van der Waals surface area contributed by atoms with Crippen LogP contribution in [-0.2, 0) is 4.74 Å². The maximum absolute atomic E-state index is 10.6. The van der Waals surface area contributed by atoms with Gasteiger partial charge < -0.3 is 10.1 Å². The predicted molar refractivity (Wildman–Crippen MR) is 59.3 cm³/mol. The third-order valence-corrected chi connectivity index (χ3v) is 2.70. The Bertz CT molecular complexity index is 391. The molecule has 0 aliphatic carbocycles. The Morgan fingerprint density at radius 2 is 2.31 bits per heavy atom. The zero-order valence-electron chi connectivity index (χ0n) is 9.05. The number of rotatable bonds is 4. The maximum atomic E-state index is 10.6. The number of hydrogen-bond donors (Lipinski definition) is 1. The molecule has 1 N–H and O–H groups in total. The van der Waals surface area contributed by atoms with Crippen LogP contribution in [0.1, 0.15) is 18.5 Å². The van der Waals surface area contributed by atoms with Crippen molar-refractivity contribution < 1.29 is 9.66 Å². The van der Waals surface area contributed by atoms with E-state index in [0.717, 1.165) is 18.8 Å². The van der Waals surface area contributed by atoms with Crippen LogP contribution in [0.15, 0.2) is 24.3 Å². The van der Waals surface area contributed by atoms with Crippen molar-refractivity contribution in [2.24, 2.45) is 0 Å². The number of ether oxygens (including phenoxy) is 1. The van der Waals surface area contributed by atoms with E-state index in [-0.39, 0.29) is 16.7 Å². The van der Waals surface area contributed by atoms with E-state index in [4.69, 9.17) is 4.74 Å². The lowest BCUT2D eigenvalue weighted by Gasteiger charge is -2.30. The van der Waals surface area contributed by atoms with Crippen molar-refractivity contribution in [1.29, 1.82) is 0 Å². The van der Waals surface area contributed by atoms with Crippen molar-refractivity contribution in [3.8, 4) is 0 Å². The lowest BCUT2D eigenvalue weighted by atomic mass is 10.1. The molecule has 2 rings (SSSR count). The second kappa shape index (κ2) is 4.59. The molecule has 1 heterocycles. The van der Waals surface area contributed by atoms with Gasteiger partial charge in [0.2, 0.25) is 0 Å². The first-order valence-corrected chi connectivity index (χ1v) is 5.25. The van der Waals surface area contributed by atoms with Gasteiger partial charge >= 0.3 is 0 Å². The standard InChI is InChI=1S/C11H14N2O3/c1-8(12-10-6-16-7-10)9-3-2-4-11(5-9)13(14)15/h2-5,8,10,12H,6-7H2,1H3. The van der Waals surface area contributed by atoms with Gasteiger partial charge in [0.05, 0.1) is 24.2 Å². The monoisotopic (exact) mass is 222 g/mol. The van der Waals surface area contributed by atoms with Crippen LogP contribution in [0, 0.1) is 10.1 Å². The highest BCUT2D eigenvalue weighted by Gasteiger charge is 2.21. The highest BCUT2D eigenvalue weighted by atomic mass is 16.6. The zero-order valence-corrected chi connectivity index (χ0v) is 9.05. The van der Waals surface area contributed by atoms with E-state index < -0.39 is 0 Å². The quantitative estimate of drug-likeness (QED) is 0.621. The van der Waals surface area contributed by atoms with Gasteiger partial charge in [-0.05, 0) is 12.5 Å². The van der Waals surface area contributed by atoms with Gasteiger partial charge in [-0.1, -0.05) is 12.1 Å². The lowest BCUT2D eigenvalue weighted by molar-refractivity contribution is -0.384. The number of nitro benzene ring substituents is 1. The summed E-state index contributed by atoms with van der Waals surface area (Å²) in [5.74, 6) is 0. The van der Waals surface area contributed by atoms with Crippen LogP contribution in [0.3, 0.4) is 0 Å². The summed E-state index contributed by atoms with van der Waals surface area (Å²) in [6.07, 6.45) is 0. The summed E-state index contributed by atoms with van der Waals surface area (Å²) in [7, 11) is 0. The Balaban J connectivity index is 2.06. The van der Waals surface area contributed by atoms with Crippen LogP contribution in [0.4, 0.5) is 5.69 Å². The molecule has 5 nitrogen and oxygen atoms in total. The summed E-state index contributed by atoms with van der Waals surface area (Å²) >= 11 is 0. The molecule has 16 heavy (non-hydrogen) atoms. The molecule has 1 saturated heterocycles. The zero-order chi connectivity index (χ0) is 11.5. The van der Waals surface area contributed by atoms with Crippen LogP contribution in [0.25, 0.3) is 0 Å². The van der Waals surface area contributed by atoms with Crippen LogP contribution < -0.4 is 5.32 Å². The Kier molecular flexibility index (Phi) is 3.17. The third kappa shape index (κ3) is 2.37. The predicted octanol–water partition coefficient (Wildman–Crippen LogP) is 1.64. The topological polar surface area (TPSA) is 64.4 Å². The van der Waals surface area contributed by atoms with Gasteiger partial charge in [-0.2, -0.15) is 0 Å². The molecule has 0 spiro atoms. The van der Waals surface area contributed by atoms with Crippen molar-refractivity contribution >= 4 is 5.69 Å². The molecule has 1 aromatic carbocycles. The van der Waals surface area contributed by atoms with Crippen LogP contribution in [0.2, 0.25) is 0 Å². The summed E-state index contributed by atoms with van der Waals surface area (Å²) in [5.41, 5.74) is 1.07. The number of nitrogens with zero attached hydrogens (tertiary/aromatic N) is 1. The fourth-order valence-corrected chi connectivity index (χ4v) is 1.69. The van der Waals surface area contributed by atoms with Gasteiger partial charge in [0.15, 0.2) is 0 Å². The minimum atomic E-state index is -0.372. The number of nitro groups is 1. The second-order valence-electron chi connectivity index (χ2n) is 3.97. The first kappa shape index (κ1) is 11.0. The summed E-state index contributed by atoms with van der Waals surface area (Å²) in [4.78, 5) is 10.3. The van der Waals surface area contributed by atoms with Crippen molar-refractivity contribution in [1.82, 2.24) is 5.32 Å². The van der Waals surface area contributed by atoms with E-state index in [1.54, 1.807) is 12.1 Å². The molecule has 1 fully saturated rings. The van der Waals surface area contributed by atoms with E-state index in [1.165, 1.54) is 6.07 Å². The molecule has 0 bridgehead atoms. The Hall–Kier alpha value is -1.46. The fourth-order valence-electron chi connectivity index (χ4n) is 1.69. The Labute approximate surface area is 93.6 Å². The van der Waals surface area contributed by atoms with Gasteiger partial charge in [-0.15, -0.1) is 0 Å². The fraction of sp³-hybridized carbons (Fsp3) is 0.455. The molecule has 0 radical (unpaired) electrons. The van der Waals surface area contributed by atoms with E-state index in [2.05, 4.69) is 5.32 Å². The average Bonchev–Trinajstić information content (AvgIpc) is 2.23. The highest BCUT2D eigenvalue weighted by Crippen LogP contribution is 2.20. The summed E-state index contributed by atoms with van der Waals surface area (Å²) in [5, 5.41) is 14.0. The van der Waals surface area contributed by atoms with E-state index in [1.807, 2.05) is 13.0 Å². The molecule has 86 valence electrons. The molecular weight excluding hydrogens is 208 g/mol. The Morgan fingerprint density at radius 1 is 1.56 bits per heavy atom. The van der Waals surface area contributed by atoms with Crippen LogP contribution >= 0.6 is 0 Å². The SMILES string of the molecule is CC(NC1COC1)c1cccc([N+](=O)[O-])c1. The molecule has 0 aromatic heterocycles. The van der Waals surface area contributed by atoms with Gasteiger partial charge in [-0.3, -0.25) is 10.1 Å². The summed E-state index contributed by atoms with van der Waals surface area (Å²) in [6, 6.07) is 7.19. The number of hydrogen-bond acceptors (Lipinski definition) is 4. The molecule has 5 heteroatoms. The lowest BCUT2D eigenvalue weighted by Crippen LogP contribution is -2.46. The minimum Gasteiger partial charge on any atom is -0.378 e. The molecule has 0 amide bonds. The molecule has 1 aliphatic heterocycles. The highest BCUT2D eigenvalue weighted by molar-refractivity contribution is 5.35. The molecule has 0 saturated carbocycles. The van der Waals surface area contributed by atoms with Crippen LogP contribution in [-0.4, -0.2) is 24.2 Å². The summed E-state index contributed by atoms with van der Waals surface area (Å²) in [6.45, 7) is 3.44. The normalized spacial score (nSPS) is 17.8. The largest absolute Gasteiger partial charge is 0.378 e. The van der Waals surface area contributed by atoms with Crippen molar-refractivity contribution in [3.05, 3.63) is 39.9 Å². The minimum absolute atomic E-state index is 0.105. The van der Waals surface area contributed by atoms with Crippen molar-refractivity contribution in [2.45, 2.75) is 19.0 Å². The molecular formula is C11H14N2O3. The average molecular weight is 222 g/mol. The van der Waals surface area contributed by atoms with E-state index in [9.17, 15) is 10.1 Å². The first-order valence-electron chi connectivity index (χ1n) is 5.25. The van der Waals surface area contributed by atoms with Gasteiger partial charge in [0.25, 0.3) is 5.69 Å². The number of non-ortho nitro benzene ring substituents is 1. The second-order valence-corrected chi connectivity index (χ2v) is 3.97. The first-order chi connectivity index (χ1) is 7.66. The smallest absolute Gasteiger partial charge is 0.269 e. The number of nitrogens with one attached hydrogen (secondary N) is 1. The van der Waals surface area contributed by atoms with Gasteiger partial charge in [-0.25, -0.2) is 0 Å². The summed E-state index contributed by atoms with van der Waals surface area (Å²) < 4.78 is 5.06. The van der Waals surface area contributed by atoms with Crippen molar-refractivity contribution in [3.63, 3.8) is 0 Å². The van der Waals surface area contributed by atoms with E-state index >= 15 is 0 Å². The van der Waals surface area contributed by atoms with Crippen molar-refractivity contribution in [2.75, 3.05) is 13.2 Å². The third-order valence-electron chi connectivity index (χ3n) is 2.70. The van der Waals surface area contributed by atoms with Crippen LogP contribution in [0.5, 0.6) is 0 Å². The Morgan fingerprint density at radius 3 is 2.88 bits per heavy atom. The number of benzene rings is 1. The molecule has 1 unspecified atom stereocenters. The molecule has 1 aliphatic rings. The maximum Gasteiger partial charge on any atom is 0.269 e. The van der Waals surface area contributed by atoms with Gasteiger partial charge in [0.1, 0.15) is 0 Å².